The summed E-state index contributed by atoms with van der Waals surface area (Å²) in [4.78, 5) is 9.06. The molecule has 0 fully saturated rings. The molecule has 18 heavy (non-hydrogen) atoms. The maximum Gasteiger partial charge on any atom is 0.160 e. The van der Waals surface area contributed by atoms with Gasteiger partial charge in [0.05, 0.1) is 0 Å². The second-order valence-electron chi connectivity index (χ2n) is 5.66. The Morgan fingerprint density at radius 3 is 2.50 bits per heavy atom. The molecule has 4 nitrogen and oxygen atoms in total. The van der Waals surface area contributed by atoms with Crippen LogP contribution >= 0.6 is 0 Å². The number of nitrogens with zero attached hydrogens (tertiary/aromatic N) is 2. The van der Waals surface area contributed by atoms with E-state index in [2.05, 4.69) is 43.0 Å². The summed E-state index contributed by atoms with van der Waals surface area (Å²) in [6.45, 7) is 11.4. The maximum absolute atomic E-state index is 5.56. The normalized spacial score (nSPS) is 13.4. The van der Waals surface area contributed by atoms with Gasteiger partial charge in [-0.2, -0.15) is 0 Å². The average molecular weight is 251 g/mol. The van der Waals surface area contributed by atoms with E-state index in [1.54, 1.807) is 7.11 Å². The number of rotatable bonds is 5. The van der Waals surface area contributed by atoms with Gasteiger partial charge in [-0.05, 0) is 18.8 Å². The highest BCUT2D eigenvalue weighted by Crippen LogP contribution is 2.34. The van der Waals surface area contributed by atoms with E-state index in [1.165, 1.54) is 0 Å². The topological polar surface area (TPSA) is 47.0 Å². The Kier molecular flexibility index (Phi) is 5.08. The largest absolute Gasteiger partial charge is 0.373 e. The van der Waals surface area contributed by atoms with E-state index in [9.17, 15) is 0 Å². The van der Waals surface area contributed by atoms with Crippen LogP contribution < -0.4 is 5.32 Å². The van der Waals surface area contributed by atoms with E-state index in [-0.39, 0.29) is 11.5 Å². The molecule has 1 aromatic heterocycles. The monoisotopic (exact) mass is 251 g/mol. The summed E-state index contributed by atoms with van der Waals surface area (Å²) in [5.41, 5.74) is 0.940. The number of hydrogen-bond acceptors (Lipinski definition) is 4. The van der Waals surface area contributed by atoms with Crippen LogP contribution in [-0.4, -0.2) is 23.6 Å². The third-order valence-corrected chi connectivity index (χ3v) is 2.68. The quantitative estimate of drug-likeness (QED) is 0.872. The summed E-state index contributed by atoms with van der Waals surface area (Å²) in [6.07, 6.45) is 0.977. The number of aromatic nitrogens is 2. The second-order valence-corrected chi connectivity index (χ2v) is 5.66. The van der Waals surface area contributed by atoms with Gasteiger partial charge in [0.15, 0.2) is 5.82 Å². The molecular weight excluding hydrogens is 226 g/mol. The molecule has 102 valence electrons. The fourth-order valence-electron chi connectivity index (χ4n) is 1.90. The first-order chi connectivity index (χ1) is 8.38. The molecule has 1 rings (SSSR count). The minimum Gasteiger partial charge on any atom is -0.373 e. The number of hydrogen-bond donors (Lipinski definition) is 1. The predicted molar refractivity (Wildman–Crippen MR) is 74.8 cm³/mol. The van der Waals surface area contributed by atoms with Crippen LogP contribution in [0.1, 0.15) is 51.7 Å². The molecule has 0 saturated carbocycles. The van der Waals surface area contributed by atoms with Gasteiger partial charge >= 0.3 is 0 Å². The smallest absolute Gasteiger partial charge is 0.160 e. The summed E-state index contributed by atoms with van der Waals surface area (Å²) in [5, 5.41) is 3.30. The van der Waals surface area contributed by atoms with Crippen molar-refractivity contribution >= 4 is 5.82 Å². The molecule has 0 aromatic carbocycles. The highest BCUT2D eigenvalue weighted by molar-refractivity contribution is 5.36. The molecule has 0 aliphatic heterocycles. The van der Waals surface area contributed by atoms with Crippen molar-refractivity contribution in [2.24, 2.45) is 5.41 Å². The van der Waals surface area contributed by atoms with Crippen LogP contribution in [0.2, 0.25) is 0 Å². The number of methoxy groups -OCH3 is 1. The SMILES string of the molecule is CCCNc1cc(C)nc(C(OC)C(C)(C)C)n1. The third kappa shape index (κ3) is 3.95. The van der Waals surface area contributed by atoms with Crippen LogP contribution in [0.4, 0.5) is 5.82 Å². The standard InChI is InChI=1S/C14H25N3O/c1-7-8-15-11-9-10(2)16-13(17-11)12(18-6)14(3,4)5/h9,12H,7-8H2,1-6H3,(H,15,16,17). The van der Waals surface area contributed by atoms with Gasteiger partial charge in [0.2, 0.25) is 0 Å². The van der Waals surface area contributed by atoms with Gasteiger partial charge in [-0.15, -0.1) is 0 Å². The zero-order chi connectivity index (χ0) is 13.8. The first kappa shape index (κ1) is 14.9. The minimum absolute atomic E-state index is 0.0232. The molecule has 1 N–H and O–H groups in total. The summed E-state index contributed by atoms with van der Waals surface area (Å²) < 4.78 is 5.56. The van der Waals surface area contributed by atoms with E-state index in [4.69, 9.17) is 4.74 Å². The molecule has 1 heterocycles. The van der Waals surface area contributed by atoms with Crippen LogP contribution in [-0.2, 0) is 4.74 Å². The highest BCUT2D eigenvalue weighted by Gasteiger charge is 2.29. The lowest BCUT2D eigenvalue weighted by molar-refractivity contribution is 0.00865. The summed E-state index contributed by atoms with van der Waals surface area (Å²) in [6, 6.07) is 1.97. The Morgan fingerprint density at radius 1 is 1.33 bits per heavy atom. The Bertz CT molecular complexity index is 385. The van der Waals surface area contributed by atoms with Crippen LogP contribution in [0.3, 0.4) is 0 Å². The van der Waals surface area contributed by atoms with Crippen LogP contribution in [0.5, 0.6) is 0 Å². The number of aryl methyl sites for hydroxylation is 1. The Labute approximate surface area is 110 Å². The van der Waals surface area contributed by atoms with Crippen molar-refractivity contribution in [3.05, 3.63) is 17.6 Å². The fraction of sp³-hybridized carbons (Fsp3) is 0.714. The molecule has 1 atom stereocenters. The van der Waals surface area contributed by atoms with Gasteiger partial charge in [-0.25, -0.2) is 9.97 Å². The summed E-state index contributed by atoms with van der Waals surface area (Å²) >= 11 is 0. The summed E-state index contributed by atoms with van der Waals surface area (Å²) in [7, 11) is 1.71. The first-order valence-corrected chi connectivity index (χ1v) is 6.50. The Balaban J connectivity index is 3.04. The molecule has 0 radical (unpaired) electrons. The van der Waals surface area contributed by atoms with Crippen molar-refractivity contribution in [1.82, 2.24) is 9.97 Å². The molecule has 4 heteroatoms. The predicted octanol–water partition coefficient (Wildman–Crippen LogP) is 3.34. The van der Waals surface area contributed by atoms with Crippen molar-refractivity contribution in [3.63, 3.8) is 0 Å². The zero-order valence-electron chi connectivity index (χ0n) is 12.4. The highest BCUT2D eigenvalue weighted by atomic mass is 16.5. The van der Waals surface area contributed by atoms with Crippen molar-refractivity contribution in [2.45, 2.75) is 47.1 Å². The molecule has 0 bridgehead atoms. The number of nitrogens with one attached hydrogen (secondary N) is 1. The van der Waals surface area contributed by atoms with Gasteiger partial charge in [-0.3, -0.25) is 0 Å². The van der Waals surface area contributed by atoms with Gasteiger partial charge in [-0.1, -0.05) is 27.7 Å². The van der Waals surface area contributed by atoms with Gasteiger partial charge in [0, 0.05) is 25.4 Å². The van der Waals surface area contributed by atoms with E-state index in [0.29, 0.717) is 0 Å². The lowest BCUT2D eigenvalue weighted by atomic mass is 9.88. The van der Waals surface area contributed by atoms with E-state index in [1.807, 2.05) is 13.0 Å². The molecule has 0 amide bonds. The number of ether oxygens (including phenoxy) is 1. The molecule has 1 aromatic rings. The van der Waals surface area contributed by atoms with Gasteiger partial charge < -0.3 is 10.1 Å². The fourth-order valence-corrected chi connectivity index (χ4v) is 1.90. The number of anilines is 1. The van der Waals surface area contributed by atoms with Crippen molar-refractivity contribution < 1.29 is 4.74 Å². The Hall–Kier alpha value is -1.16. The molecular formula is C14H25N3O. The third-order valence-electron chi connectivity index (χ3n) is 2.68. The van der Waals surface area contributed by atoms with Crippen molar-refractivity contribution in [1.29, 1.82) is 0 Å². The average Bonchev–Trinajstić information content (AvgIpc) is 2.24. The zero-order valence-corrected chi connectivity index (χ0v) is 12.4. The molecule has 0 spiro atoms. The summed E-state index contributed by atoms with van der Waals surface area (Å²) in [5.74, 6) is 1.63. The molecule has 0 saturated heterocycles. The van der Waals surface area contributed by atoms with E-state index in [0.717, 1.165) is 30.3 Å². The van der Waals surface area contributed by atoms with Crippen molar-refractivity contribution in [3.8, 4) is 0 Å². The maximum atomic E-state index is 5.56. The molecule has 0 aliphatic rings. The molecule has 0 aliphatic carbocycles. The first-order valence-electron chi connectivity index (χ1n) is 6.50. The van der Waals surface area contributed by atoms with E-state index >= 15 is 0 Å². The lowest BCUT2D eigenvalue weighted by Gasteiger charge is -2.28. The van der Waals surface area contributed by atoms with Gasteiger partial charge in [0.25, 0.3) is 0 Å². The van der Waals surface area contributed by atoms with Crippen LogP contribution in [0.15, 0.2) is 6.07 Å². The second kappa shape index (κ2) is 6.14. The lowest BCUT2D eigenvalue weighted by Crippen LogP contribution is -2.23. The Morgan fingerprint density at radius 2 is 2.00 bits per heavy atom. The van der Waals surface area contributed by atoms with E-state index < -0.39 is 0 Å². The van der Waals surface area contributed by atoms with Gasteiger partial charge in [0.1, 0.15) is 11.9 Å². The van der Waals surface area contributed by atoms with Crippen LogP contribution in [0.25, 0.3) is 0 Å². The molecule has 1 unspecified atom stereocenters. The minimum atomic E-state index is -0.0976. The van der Waals surface area contributed by atoms with Crippen LogP contribution in [0, 0.1) is 12.3 Å². The van der Waals surface area contributed by atoms with Crippen molar-refractivity contribution in [2.75, 3.05) is 19.0 Å².